The van der Waals surface area contributed by atoms with Gasteiger partial charge in [-0.3, -0.25) is 4.57 Å². The smallest absolute Gasteiger partial charge is 0.238 e. The van der Waals surface area contributed by atoms with E-state index in [4.69, 9.17) is 15.0 Å². The Bertz CT molecular complexity index is 4640. The average molecular weight is 916 g/mol. The van der Waals surface area contributed by atoms with Gasteiger partial charge in [0.05, 0.1) is 27.8 Å². The molecule has 0 amide bonds. The van der Waals surface area contributed by atoms with E-state index in [9.17, 15) is 0 Å². The van der Waals surface area contributed by atoms with Crippen LogP contribution >= 0.6 is 0 Å². The third-order valence-corrected chi connectivity index (χ3v) is 14.7. The van der Waals surface area contributed by atoms with Crippen LogP contribution in [-0.4, -0.2) is 24.1 Å². The number of nitrogens with zero attached hydrogens (tertiary/aromatic N) is 5. The van der Waals surface area contributed by atoms with Gasteiger partial charge in [-0.2, -0.15) is 9.97 Å². The normalized spacial score (nSPS) is 11.9. The largest absolute Gasteiger partial charge is 0.308 e. The molecule has 5 heteroatoms. The van der Waals surface area contributed by atoms with E-state index in [0.29, 0.717) is 17.6 Å². The second kappa shape index (κ2) is 15.9. The lowest BCUT2D eigenvalue weighted by molar-refractivity contribution is 0.954. The predicted molar refractivity (Wildman–Crippen MR) is 300 cm³/mol. The number of benzene rings is 12. The number of rotatable bonds is 6. The zero-order valence-corrected chi connectivity index (χ0v) is 38.9. The van der Waals surface area contributed by atoms with Gasteiger partial charge >= 0.3 is 0 Å². The maximum atomic E-state index is 5.64. The highest BCUT2D eigenvalue weighted by Crippen LogP contribution is 2.46. The van der Waals surface area contributed by atoms with Crippen LogP contribution in [0.5, 0.6) is 0 Å². The Labute approximate surface area is 414 Å². The molecule has 3 heterocycles. The zero-order chi connectivity index (χ0) is 47.3. The minimum Gasteiger partial charge on any atom is -0.308 e. The predicted octanol–water partition coefficient (Wildman–Crippen LogP) is 17.3. The van der Waals surface area contributed by atoms with E-state index in [1.54, 1.807) is 0 Å². The molecule has 0 bridgehead atoms. The van der Waals surface area contributed by atoms with Gasteiger partial charge in [-0.05, 0) is 96.9 Å². The first kappa shape index (κ1) is 40.2. The van der Waals surface area contributed by atoms with Gasteiger partial charge in [0.25, 0.3) is 0 Å². The number of para-hydroxylation sites is 2. The summed E-state index contributed by atoms with van der Waals surface area (Å²) < 4.78 is 4.73. The molecule has 334 valence electrons. The van der Waals surface area contributed by atoms with E-state index < -0.39 is 0 Å². The van der Waals surface area contributed by atoms with Crippen LogP contribution in [0, 0.1) is 0 Å². The second-order valence-electron chi connectivity index (χ2n) is 18.8. The molecule has 12 aromatic carbocycles. The summed E-state index contributed by atoms with van der Waals surface area (Å²) in [6.07, 6.45) is 0. The first-order valence-corrected chi connectivity index (χ1v) is 24.5. The maximum Gasteiger partial charge on any atom is 0.238 e. The molecular formula is C67H41N5. The Morgan fingerprint density at radius 1 is 0.250 bits per heavy atom. The van der Waals surface area contributed by atoms with Crippen molar-refractivity contribution in [2.75, 3.05) is 0 Å². The molecule has 0 atom stereocenters. The lowest BCUT2D eigenvalue weighted by Gasteiger charge is -2.21. The highest BCUT2D eigenvalue weighted by Gasteiger charge is 2.25. The molecule has 3 aromatic heterocycles. The van der Waals surface area contributed by atoms with Gasteiger partial charge in [0, 0.05) is 43.6 Å². The van der Waals surface area contributed by atoms with Crippen LogP contribution in [0.3, 0.4) is 0 Å². The van der Waals surface area contributed by atoms with Crippen molar-refractivity contribution >= 4 is 86.7 Å². The van der Waals surface area contributed by atoms with Crippen molar-refractivity contribution in [3.05, 3.63) is 249 Å². The van der Waals surface area contributed by atoms with Gasteiger partial charge in [-0.1, -0.05) is 206 Å². The minimum atomic E-state index is 0.551. The highest BCUT2D eigenvalue weighted by molar-refractivity contribution is 6.21. The van der Waals surface area contributed by atoms with E-state index in [1.165, 1.54) is 37.8 Å². The summed E-state index contributed by atoms with van der Waals surface area (Å²) in [5.41, 5.74) is 11.5. The van der Waals surface area contributed by atoms with Gasteiger partial charge < -0.3 is 4.57 Å². The number of fused-ring (bicyclic) bond motifs is 11. The van der Waals surface area contributed by atoms with Gasteiger partial charge in [-0.15, -0.1) is 0 Å². The van der Waals surface area contributed by atoms with Crippen LogP contribution in [0.25, 0.3) is 143 Å². The molecule has 0 radical (unpaired) electrons. The summed E-state index contributed by atoms with van der Waals surface area (Å²) in [7, 11) is 0. The first-order valence-electron chi connectivity index (χ1n) is 24.5. The van der Waals surface area contributed by atoms with Crippen LogP contribution in [0.1, 0.15) is 0 Å². The number of hydrogen-bond donors (Lipinski definition) is 0. The fraction of sp³-hybridized carbons (Fsp3) is 0. The van der Waals surface area contributed by atoms with Crippen LogP contribution in [0.2, 0.25) is 0 Å². The Hall–Kier alpha value is -9.71. The van der Waals surface area contributed by atoms with Crippen LogP contribution in [0.15, 0.2) is 249 Å². The fourth-order valence-electron chi connectivity index (χ4n) is 11.4. The molecule has 0 aliphatic rings. The lowest BCUT2D eigenvalue weighted by atomic mass is 9.90. The van der Waals surface area contributed by atoms with E-state index in [2.05, 4.69) is 258 Å². The molecular weight excluding hydrogens is 875 g/mol. The van der Waals surface area contributed by atoms with Crippen molar-refractivity contribution in [2.45, 2.75) is 0 Å². The summed E-state index contributed by atoms with van der Waals surface area (Å²) >= 11 is 0. The van der Waals surface area contributed by atoms with Crippen LogP contribution in [0.4, 0.5) is 0 Å². The third-order valence-electron chi connectivity index (χ3n) is 14.7. The lowest BCUT2D eigenvalue weighted by Crippen LogP contribution is -2.07. The van der Waals surface area contributed by atoms with E-state index in [-0.39, 0.29) is 0 Å². The van der Waals surface area contributed by atoms with Crippen molar-refractivity contribution in [1.29, 1.82) is 0 Å². The van der Waals surface area contributed by atoms with Crippen molar-refractivity contribution in [3.8, 4) is 56.7 Å². The Kier molecular flexibility index (Phi) is 8.89. The van der Waals surface area contributed by atoms with E-state index >= 15 is 0 Å². The second-order valence-corrected chi connectivity index (χ2v) is 18.8. The summed E-state index contributed by atoms with van der Waals surface area (Å²) in [5, 5.41) is 14.1. The molecule has 0 fully saturated rings. The molecule has 0 N–H and O–H groups in total. The molecule has 0 saturated heterocycles. The van der Waals surface area contributed by atoms with Gasteiger partial charge in [0.2, 0.25) is 5.95 Å². The molecule has 5 nitrogen and oxygen atoms in total. The quantitative estimate of drug-likeness (QED) is 0.167. The molecule has 0 unspecified atom stereocenters. The third kappa shape index (κ3) is 6.24. The van der Waals surface area contributed by atoms with E-state index in [0.717, 1.165) is 87.9 Å². The van der Waals surface area contributed by atoms with Gasteiger partial charge in [0.15, 0.2) is 11.6 Å². The SMILES string of the molecule is c1ccc(-c2cc(-c3nc(-c4ccc5ccccc5c4)nc(-n4c5ccccc5c5ccccc54)n3)c(-c3cccc4ccccc34)cc2-n2c3cc4ccccc4cc3c3ccc4ccccc4c32)cc1. The highest BCUT2D eigenvalue weighted by atomic mass is 15.2. The molecule has 15 rings (SSSR count). The fourth-order valence-corrected chi connectivity index (χ4v) is 11.4. The zero-order valence-electron chi connectivity index (χ0n) is 38.9. The van der Waals surface area contributed by atoms with Crippen molar-refractivity contribution in [3.63, 3.8) is 0 Å². The summed E-state index contributed by atoms with van der Waals surface area (Å²) in [5.74, 6) is 1.73. The van der Waals surface area contributed by atoms with Crippen LogP contribution in [-0.2, 0) is 0 Å². The Balaban J connectivity index is 1.11. The summed E-state index contributed by atoms with van der Waals surface area (Å²) in [6, 6.07) is 89.7. The van der Waals surface area contributed by atoms with Gasteiger partial charge in [-0.25, -0.2) is 4.98 Å². The van der Waals surface area contributed by atoms with Crippen LogP contribution < -0.4 is 0 Å². The monoisotopic (exact) mass is 915 g/mol. The molecule has 15 aromatic rings. The van der Waals surface area contributed by atoms with Crippen molar-refractivity contribution < 1.29 is 0 Å². The molecule has 0 saturated carbocycles. The van der Waals surface area contributed by atoms with Gasteiger partial charge in [0.1, 0.15) is 0 Å². The minimum absolute atomic E-state index is 0.551. The summed E-state index contributed by atoms with van der Waals surface area (Å²) in [6.45, 7) is 0. The average Bonchev–Trinajstić information content (AvgIpc) is 3.96. The first-order chi connectivity index (χ1) is 35.7. The molecule has 0 aliphatic heterocycles. The summed E-state index contributed by atoms with van der Waals surface area (Å²) in [4.78, 5) is 16.6. The standard InChI is InChI=1S/C67H41N5/c1-2-18-44(19-3-1)56-40-59(66-68-65(49-34-33-42-17-4-5-22-46(42)37-49)69-67(70-66)72-60-31-14-12-28-53(60)54-29-13-15-32-61(54)72)57(52-30-16-25-43-20-8-10-26-50(43)52)41-63(56)71-62-39-48-24-7-6-23-47(48)38-58(62)55-36-35-45-21-9-11-27-51(45)64(55)71/h1-41H. The van der Waals surface area contributed by atoms with Crippen molar-refractivity contribution in [2.24, 2.45) is 0 Å². The number of hydrogen-bond acceptors (Lipinski definition) is 3. The Morgan fingerprint density at radius 3 is 1.57 bits per heavy atom. The molecule has 0 aliphatic carbocycles. The van der Waals surface area contributed by atoms with Crippen molar-refractivity contribution in [1.82, 2.24) is 24.1 Å². The molecule has 72 heavy (non-hydrogen) atoms. The van der Waals surface area contributed by atoms with E-state index in [1.807, 2.05) is 0 Å². The Morgan fingerprint density at radius 2 is 0.819 bits per heavy atom. The number of aromatic nitrogens is 5. The maximum absolute atomic E-state index is 5.64. The molecule has 0 spiro atoms. The topological polar surface area (TPSA) is 48.5 Å².